The fourth-order valence-corrected chi connectivity index (χ4v) is 5.02. The molecule has 38 heavy (non-hydrogen) atoms. The van der Waals surface area contributed by atoms with Crippen molar-refractivity contribution in [3.05, 3.63) is 106 Å². The van der Waals surface area contributed by atoms with Gasteiger partial charge in [0.05, 0.1) is 17.8 Å². The van der Waals surface area contributed by atoms with Gasteiger partial charge >= 0.3 is 0 Å². The highest BCUT2D eigenvalue weighted by molar-refractivity contribution is 7.09. The summed E-state index contributed by atoms with van der Waals surface area (Å²) in [6.45, 7) is 4.22. The van der Waals surface area contributed by atoms with Gasteiger partial charge in [-0.3, -0.25) is 9.78 Å². The molecule has 8 nitrogen and oxygen atoms in total. The first kappa shape index (κ1) is 25.4. The van der Waals surface area contributed by atoms with Gasteiger partial charge in [0.2, 0.25) is 11.8 Å². The Morgan fingerprint density at radius 3 is 2.53 bits per heavy atom. The van der Waals surface area contributed by atoms with Crippen molar-refractivity contribution in [2.75, 3.05) is 7.05 Å². The van der Waals surface area contributed by atoms with Gasteiger partial charge in [0.15, 0.2) is 0 Å². The maximum atomic E-state index is 13.5. The van der Waals surface area contributed by atoms with Crippen molar-refractivity contribution in [3.63, 3.8) is 0 Å². The van der Waals surface area contributed by atoms with Gasteiger partial charge in [0.25, 0.3) is 5.91 Å². The van der Waals surface area contributed by atoms with Crippen LogP contribution in [0.1, 0.15) is 39.4 Å². The Kier molecular flexibility index (Phi) is 7.13. The van der Waals surface area contributed by atoms with Crippen LogP contribution in [0, 0.1) is 6.92 Å². The molecule has 0 aliphatic carbocycles. The summed E-state index contributed by atoms with van der Waals surface area (Å²) in [7, 11) is 1.76. The minimum Gasteiger partial charge on any atom is -0.419 e. The monoisotopic (exact) mass is 524 g/mol. The van der Waals surface area contributed by atoms with Gasteiger partial charge in [-0.2, -0.15) is 0 Å². The molecule has 3 heterocycles. The van der Waals surface area contributed by atoms with Crippen molar-refractivity contribution in [2.45, 2.75) is 32.4 Å². The zero-order valence-electron chi connectivity index (χ0n) is 21.5. The molecule has 1 unspecified atom stereocenters. The van der Waals surface area contributed by atoms with Crippen molar-refractivity contribution in [1.29, 1.82) is 0 Å². The Morgan fingerprint density at radius 1 is 1.05 bits per heavy atom. The first-order valence-corrected chi connectivity index (χ1v) is 13.1. The van der Waals surface area contributed by atoms with Crippen LogP contribution >= 0.6 is 11.3 Å². The number of hydrogen-bond donors (Lipinski definition) is 1. The number of carbonyl (C=O) groups is 1. The van der Waals surface area contributed by atoms with Crippen molar-refractivity contribution in [2.24, 2.45) is 5.73 Å². The largest absolute Gasteiger partial charge is 0.419 e. The third-order valence-corrected chi connectivity index (χ3v) is 7.05. The maximum absolute atomic E-state index is 13.5. The van der Waals surface area contributed by atoms with Crippen molar-refractivity contribution in [3.8, 4) is 22.7 Å². The van der Waals surface area contributed by atoms with E-state index < -0.39 is 5.54 Å². The number of rotatable bonds is 8. The highest BCUT2D eigenvalue weighted by Crippen LogP contribution is 2.30. The molecule has 0 radical (unpaired) electrons. The number of carbonyl (C=O) groups excluding carboxylic acids is 1. The predicted octanol–water partition coefficient (Wildman–Crippen LogP) is 5.25. The van der Waals surface area contributed by atoms with E-state index in [0.717, 1.165) is 27.5 Å². The molecule has 2 N–H and O–H groups in total. The van der Waals surface area contributed by atoms with Crippen LogP contribution in [0.4, 0.5) is 0 Å². The molecule has 2 aromatic carbocycles. The molecular formula is C29H28N6O2S. The van der Waals surface area contributed by atoms with Gasteiger partial charge < -0.3 is 15.1 Å². The van der Waals surface area contributed by atoms with E-state index in [4.69, 9.17) is 10.2 Å². The molecule has 0 saturated carbocycles. The lowest BCUT2D eigenvalue weighted by Crippen LogP contribution is -2.35. The van der Waals surface area contributed by atoms with E-state index in [1.807, 2.05) is 79.9 Å². The van der Waals surface area contributed by atoms with Gasteiger partial charge in [0.1, 0.15) is 5.01 Å². The quantitative estimate of drug-likeness (QED) is 0.295. The van der Waals surface area contributed by atoms with Gasteiger partial charge in [0, 0.05) is 41.0 Å². The van der Waals surface area contributed by atoms with Gasteiger partial charge in [-0.1, -0.05) is 36.4 Å². The Morgan fingerprint density at radius 2 is 1.82 bits per heavy atom. The van der Waals surface area contributed by atoms with E-state index in [-0.39, 0.29) is 11.8 Å². The molecule has 9 heteroatoms. The lowest BCUT2D eigenvalue weighted by Gasteiger charge is -2.20. The molecule has 5 aromatic rings. The van der Waals surface area contributed by atoms with Crippen molar-refractivity contribution >= 4 is 17.2 Å². The summed E-state index contributed by atoms with van der Waals surface area (Å²) in [4.78, 5) is 24.1. The fraction of sp³-hybridized carbons (Fsp3) is 0.207. The summed E-state index contributed by atoms with van der Waals surface area (Å²) >= 11 is 1.54. The van der Waals surface area contributed by atoms with Crippen LogP contribution in [0.15, 0.2) is 82.7 Å². The predicted molar refractivity (Wildman–Crippen MR) is 147 cm³/mol. The van der Waals surface area contributed by atoms with Crippen molar-refractivity contribution < 1.29 is 9.21 Å². The highest BCUT2D eigenvalue weighted by atomic mass is 32.1. The second-order valence-electron chi connectivity index (χ2n) is 9.55. The zero-order chi connectivity index (χ0) is 26.7. The van der Waals surface area contributed by atoms with E-state index in [1.165, 1.54) is 11.3 Å². The summed E-state index contributed by atoms with van der Waals surface area (Å²) in [6.07, 6.45) is 2.25. The lowest BCUT2D eigenvalue weighted by molar-refractivity contribution is 0.0785. The van der Waals surface area contributed by atoms with Crippen LogP contribution in [-0.2, 0) is 18.5 Å². The molecule has 0 aliphatic rings. The molecule has 192 valence electrons. The molecule has 0 spiro atoms. The van der Waals surface area contributed by atoms with Crippen LogP contribution in [0.3, 0.4) is 0 Å². The maximum Gasteiger partial charge on any atom is 0.254 e. The third kappa shape index (κ3) is 5.69. The summed E-state index contributed by atoms with van der Waals surface area (Å²) in [6, 6.07) is 21.1. The average molecular weight is 525 g/mol. The number of aromatic nitrogens is 4. The smallest absolute Gasteiger partial charge is 0.254 e. The molecule has 1 amide bonds. The molecule has 0 saturated heterocycles. The Balaban J connectivity index is 1.48. The topological polar surface area (TPSA) is 111 Å². The first-order chi connectivity index (χ1) is 18.3. The number of nitrogens with zero attached hydrogens (tertiary/aromatic N) is 5. The van der Waals surface area contributed by atoms with Gasteiger partial charge in [-0.25, -0.2) is 4.98 Å². The number of hydrogen-bond acceptors (Lipinski definition) is 8. The first-order valence-electron chi connectivity index (χ1n) is 12.2. The van der Waals surface area contributed by atoms with Crippen LogP contribution in [-0.4, -0.2) is 38.0 Å². The standard InChI is InChI=1S/C29H28N6O2S/c1-19-18-38-25(32-19)17-35(3)27(36)23-14-21(24-11-7-8-12-31-24)13-22(15-23)26-33-34-28(37-26)29(2,30)16-20-9-5-4-6-10-20/h4-15,18H,16-17,30H2,1-3H3. The molecule has 5 rings (SSSR count). The summed E-state index contributed by atoms with van der Waals surface area (Å²) < 4.78 is 6.09. The number of thiazole rings is 1. The fourth-order valence-electron chi connectivity index (χ4n) is 4.19. The van der Waals surface area contributed by atoms with Crippen LogP contribution < -0.4 is 5.73 Å². The Labute approximate surface area is 225 Å². The van der Waals surface area contributed by atoms with E-state index >= 15 is 0 Å². The van der Waals surface area contributed by atoms with E-state index in [1.54, 1.807) is 24.2 Å². The molecule has 3 aromatic heterocycles. The Hall–Kier alpha value is -4.21. The highest BCUT2D eigenvalue weighted by Gasteiger charge is 2.29. The van der Waals surface area contributed by atoms with E-state index in [2.05, 4.69) is 20.2 Å². The Bertz CT molecular complexity index is 1550. The number of pyridine rings is 1. The van der Waals surface area contributed by atoms with Gasteiger partial charge in [-0.05, 0) is 56.2 Å². The van der Waals surface area contributed by atoms with Crippen LogP contribution in [0.2, 0.25) is 0 Å². The molecule has 0 fully saturated rings. The number of benzene rings is 2. The average Bonchev–Trinajstić information content (AvgIpc) is 3.59. The SMILES string of the molecule is Cc1csc(CN(C)C(=O)c2cc(-c3ccccn3)cc(-c3nnc(C(C)(N)Cc4ccccc4)o3)c2)n1. The lowest BCUT2D eigenvalue weighted by atomic mass is 9.94. The third-order valence-electron chi connectivity index (χ3n) is 6.10. The molecule has 1 atom stereocenters. The minimum atomic E-state index is -0.865. The molecule has 0 bridgehead atoms. The second kappa shape index (κ2) is 10.6. The zero-order valence-corrected chi connectivity index (χ0v) is 22.3. The number of nitrogens with two attached hydrogens (primary N) is 1. The van der Waals surface area contributed by atoms with Crippen LogP contribution in [0.5, 0.6) is 0 Å². The minimum absolute atomic E-state index is 0.149. The molecule has 0 aliphatic heterocycles. The summed E-state index contributed by atoms with van der Waals surface area (Å²) in [5.74, 6) is 0.461. The normalized spacial score (nSPS) is 12.7. The van der Waals surface area contributed by atoms with Crippen LogP contribution in [0.25, 0.3) is 22.7 Å². The number of amides is 1. The van der Waals surface area contributed by atoms with Crippen molar-refractivity contribution in [1.82, 2.24) is 25.1 Å². The van der Waals surface area contributed by atoms with E-state index in [9.17, 15) is 4.79 Å². The molecular weight excluding hydrogens is 496 g/mol. The number of aryl methyl sites for hydroxylation is 1. The summed E-state index contributed by atoms with van der Waals surface area (Å²) in [5, 5.41) is 11.4. The summed E-state index contributed by atoms with van der Waals surface area (Å²) in [5.41, 5.74) is 10.3. The second-order valence-corrected chi connectivity index (χ2v) is 10.5. The van der Waals surface area contributed by atoms with Gasteiger partial charge in [-0.15, -0.1) is 21.5 Å². The van der Waals surface area contributed by atoms with E-state index in [0.29, 0.717) is 30.0 Å².